The topological polar surface area (TPSA) is 77.2 Å². The van der Waals surface area contributed by atoms with Gasteiger partial charge in [0.2, 0.25) is 9.84 Å². The van der Waals surface area contributed by atoms with Crippen LogP contribution in [-0.2, 0) is 9.84 Å². The summed E-state index contributed by atoms with van der Waals surface area (Å²) in [7, 11) is -3.69. The van der Waals surface area contributed by atoms with Gasteiger partial charge < -0.3 is 5.73 Å². The highest BCUT2D eigenvalue weighted by Gasteiger charge is 2.36. The van der Waals surface area contributed by atoms with Crippen molar-refractivity contribution >= 4 is 21.3 Å². The second-order valence-electron chi connectivity index (χ2n) is 4.50. The van der Waals surface area contributed by atoms with Crippen LogP contribution >= 0.6 is 0 Å². The Hall–Kier alpha value is -2.14. The Morgan fingerprint density at radius 2 is 1.74 bits per heavy atom. The summed E-state index contributed by atoms with van der Waals surface area (Å²) in [5, 5.41) is 0. The van der Waals surface area contributed by atoms with Crippen LogP contribution in [0.5, 0.6) is 0 Å². The fraction of sp³-hybridized carbons (Fsp3) is 0.0714. The Morgan fingerprint density at radius 1 is 1.05 bits per heavy atom. The number of rotatable bonds is 0. The minimum absolute atomic E-state index is 0.0381. The number of aryl methyl sites for hydroxylation is 1. The van der Waals surface area contributed by atoms with Gasteiger partial charge in [0.1, 0.15) is 0 Å². The van der Waals surface area contributed by atoms with E-state index in [0.29, 0.717) is 5.56 Å². The molecule has 2 aromatic carbocycles. The maximum absolute atomic E-state index is 12.6. The van der Waals surface area contributed by atoms with Crippen molar-refractivity contribution in [2.75, 3.05) is 5.73 Å². The molecule has 2 aromatic rings. The number of hydrogen-bond donors (Lipinski definition) is 1. The molecular formula is C14H11NO3S. The molecule has 19 heavy (non-hydrogen) atoms. The third-order valence-electron chi connectivity index (χ3n) is 3.30. The molecule has 0 aliphatic carbocycles. The van der Waals surface area contributed by atoms with Gasteiger partial charge in [0.15, 0.2) is 5.78 Å². The van der Waals surface area contributed by atoms with E-state index in [1.807, 2.05) is 0 Å². The van der Waals surface area contributed by atoms with Crippen LogP contribution in [0.3, 0.4) is 0 Å². The highest BCUT2D eigenvalue weighted by molar-refractivity contribution is 7.91. The highest BCUT2D eigenvalue weighted by Crippen LogP contribution is 2.38. The van der Waals surface area contributed by atoms with E-state index in [1.54, 1.807) is 31.2 Å². The predicted octanol–water partition coefficient (Wildman–Crippen LogP) is 1.95. The van der Waals surface area contributed by atoms with Crippen molar-refractivity contribution in [1.29, 1.82) is 0 Å². The number of benzene rings is 2. The zero-order chi connectivity index (χ0) is 13.8. The Balaban J connectivity index is 2.53. The number of nitrogens with two attached hydrogens (primary N) is 1. The molecule has 1 aliphatic rings. The zero-order valence-electron chi connectivity index (χ0n) is 10.2. The molecule has 0 radical (unpaired) electrons. The van der Waals surface area contributed by atoms with Crippen LogP contribution in [0.15, 0.2) is 46.2 Å². The van der Waals surface area contributed by atoms with Crippen molar-refractivity contribution in [2.45, 2.75) is 16.7 Å². The van der Waals surface area contributed by atoms with E-state index >= 15 is 0 Å². The number of fused-ring (bicyclic) bond motifs is 2. The predicted molar refractivity (Wildman–Crippen MR) is 70.9 cm³/mol. The van der Waals surface area contributed by atoms with Crippen molar-refractivity contribution in [3.8, 4) is 0 Å². The standard InChI is InChI=1S/C14H11NO3S/c1-8-6-7-10(15)12-13(16)9-4-2-3-5-11(9)19(17,18)14(8)12/h2-7H,15H2,1H3. The van der Waals surface area contributed by atoms with Gasteiger partial charge in [-0.1, -0.05) is 18.2 Å². The molecule has 1 aliphatic heterocycles. The molecule has 96 valence electrons. The van der Waals surface area contributed by atoms with Crippen LogP contribution in [0.25, 0.3) is 0 Å². The summed E-state index contributed by atoms with van der Waals surface area (Å²) in [5.41, 5.74) is 6.81. The number of sulfone groups is 1. The average Bonchev–Trinajstić information content (AvgIpc) is 2.39. The molecule has 1 heterocycles. The molecule has 5 heteroatoms. The fourth-order valence-corrected chi connectivity index (χ4v) is 4.31. The first-order chi connectivity index (χ1) is 8.94. The molecule has 0 bridgehead atoms. The number of carbonyl (C=O) groups is 1. The fourth-order valence-electron chi connectivity index (χ4n) is 2.42. The van der Waals surface area contributed by atoms with Gasteiger partial charge in [-0.05, 0) is 30.7 Å². The maximum Gasteiger partial charge on any atom is 0.208 e. The van der Waals surface area contributed by atoms with E-state index < -0.39 is 9.84 Å². The Kier molecular flexibility index (Phi) is 2.31. The Morgan fingerprint density at radius 3 is 2.47 bits per heavy atom. The van der Waals surface area contributed by atoms with E-state index in [-0.39, 0.29) is 32.4 Å². The van der Waals surface area contributed by atoms with Crippen LogP contribution in [0.4, 0.5) is 5.69 Å². The van der Waals surface area contributed by atoms with E-state index in [2.05, 4.69) is 0 Å². The lowest BCUT2D eigenvalue weighted by atomic mass is 9.99. The van der Waals surface area contributed by atoms with Crippen LogP contribution in [-0.4, -0.2) is 14.2 Å². The van der Waals surface area contributed by atoms with Crippen LogP contribution in [0.1, 0.15) is 21.5 Å². The van der Waals surface area contributed by atoms with Gasteiger partial charge in [0.05, 0.1) is 15.4 Å². The van der Waals surface area contributed by atoms with Crippen LogP contribution < -0.4 is 5.73 Å². The van der Waals surface area contributed by atoms with Crippen molar-refractivity contribution < 1.29 is 13.2 Å². The summed E-state index contributed by atoms with van der Waals surface area (Å²) < 4.78 is 25.2. The molecule has 2 N–H and O–H groups in total. The summed E-state index contributed by atoms with van der Waals surface area (Å²) in [6, 6.07) is 9.40. The van der Waals surface area contributed by atoms with E-state index in [0.717, 1.165) is 0 Å². The second-order valence-corrected chi connectivity index (χ2v) is 6.36. The number of hydrogen-bond acceptors (Lipinski definition) is 4. The molecule has 0 saturated heterocycles. The molecule has 0 saturated carbocycles. The monoisotopic (exact) mass is 273 g/mol. The molecule has 0 atom stereocenters. The summed E-state index contributed by atoms with van der Waals surface area (Å²) in [5.74, 6) is -0.332. The van der Waals surface area contributed by atoms with Crippen LogP contribution in [0, 0.1) is 6.92 Å². The van der Waals surface area contributed by atoms with E-state index in [9.17, 15) is 13.2 Å². The second kappa shape index (κ2) is 3.68. The Bertz CT molecular complexity index is 823. The number of anilines is 1. The summed E-state index contributed by atoms with van der Waals surface area (Å²) >= 11 is 0. The minimum Gasteiger partial charge on any atom is -0.398 e. The third kappa shape index (κ3) is 1.45. The molecule has 0 unspecified atom stereocenters. The molecular weight excluding hydrogens is 262 g/mol. The van der Waals surface area contributed by atoms with Gasteiger partial charge in [-0.15, -0.1) is 0 Å². The molecule has 0 fully saturated rings. The number of ketones is 1. The SMILES string of the molecule is Cc1ccc(N)c2c1S(=O)(=O)c1ccccc1C2=O. The first kappa shape index (κ1) is 11.9. The quantitative estimate of drug-likeness (QED) is 0.635. The molecule has 4 nitrogen and oxygen atoms in total. The normalized spacial score (nSPS) is 15.7. The van der Waals surface area contributed by atoms with E-state index in [4.69, 9.17) is 5.73 Å². The lowest BCUT2D eigenvalue weighted by molar-refractivity contribution is 0.103. The highest BCUT2D eigenvalue weighted by atomic mass is 32.2. The molecule has 0 spiro atoms. The minimum atomic E-state index is -3.69. The van der Waals surface area contributed by atoms with Crippen molar-refractivity contribution in [3.05, 3.63) is 53.1 Å². The molecule has 3 rings (SSSR count). The summed E-state index contributed by atoms with van der Waals surface area (Å²) in [4.78, 5) is 12.5. The van der Waals surface area contributed by atoms with Gasteiger partial charge in [0.25, 0.3) is 0 Å². The van der Waals surface area contributed by atoms with Crippen molar-refractivity contribution in [1.82, 2.24) is 0 Å². The lowest BCUT2D eigenvalue weighted by Crippen LogP contribution is -2.22. The van der Waals surface area contributed by atoms with E-state index in [1.165, 1.54) is 12.1 Å². The zero-order valence-corrected chi connectivity index (χ0v) is 11.0. The van der Waals surface area contributed by atoms with Crippen molar-refractivity contribution in [3.63, 3.8) is 0 Å². The lowest BCUT2D eigenvalue weighted by Gasteiger charge is -2.21. The smallest absolute Gasteiger partial charge is 0.208 e. The number of carbonyl (C=O) groups excluding carboxylic acids is 1. The first-order valence-electron chi connectivity index (χ1n) is 5.72. The first-order valence-corrected chi connectivity index (χ1v) is 7.21. The molecule has 0 amide bonds. The van der Waals surface area contributed by atoms with Crippen molar-refractivity contribution in [2.24, 2.45) is 0 Å². The maximum atomic E-state index is 12.6. The van der Waals surface area contributed by atoms with Gasteiger partial charge in [-0.25, -0.2) is 8.42 Å². The molecule has 0 aromatic heterocycles. The van der Waals surface area contributed by atoms with Gasteiger partial charge in [0, 0.05) is 11.3 Å². The van der Waals surface area contributed by atoms with Gasteiger partial charge in [-0.2, -0.15) is 0 Å². The summed E-state index contributed by atoms with van der Waals surface area (Å²) in [6.07, 6.45) is 0. The number of nitrogen functional groups attached to an aromatic ring is 1. The average molecular weight is 273 g/mol. The van der Waals surface area contributed by atoms with Gasteiger partial charge in [-0.3, -0.25) is 4.79 Å². The van der Waals surface area contributed by atoms with Gasteiger partial charge >= 0.3 is 0 Å². The van der Waals surface area contributed by atoms with Crippen LogP contribution in [0.2, 0.25) is 0 Å². The third-order valence-corrected chi connectivity index (χ3v) is 5.30. The Labute approximate surface area is 110 Å². The summed E-state index contributed by atoms with van der Waals surface area (Å²) in [6.45, 7) is 1.66. The largest absolute Gasteiger partial charge is 0.398 e.